The molecule has 1 aromatic rings. The number of nitrogens with one attached hydrogen (secondary N) is 2. The van der Waals surface area contributed by atoms with Crippen molar-refractivity contribution in [2.45, 2.75) is 12.2 Å². The van der Waals surface area contributed by atoms with Crippen LogP contribution in [0.5, 0.6) is 0 Å². The van der Waals surface area contributed by atoms with Crippen molar-refractivity contribution in [1.82, 2.24) is 10.6 Å². The molecule has 0 spiro atoms. The monoisotopic (exact) mass is 248 g/mol. The number of alkyl halides is 3. The first kappa shape index (κ1) is 11.7. The maximum Gasteiger partial charge on any atom is 0.416 e. The number of rotatable bonds is 1. The van der Waals surface area contributed by atoms with Gasteiger partial charge >= 0.3 is 12.2 Å². The van der Waals surface area contributed by atoms with Crippen molar-refractivity contribution in [3.63, 3.8) is 0 Å². The van der Waals surface area contributed by atoms with E-state index in [-0.39, 0.29) is 6.54 Å². The summed E-state index contributed by atoms with van der Waals surface area (Å²) in [6.45, 7) is -0.0666. The van der Waals surface area contributed by atoms with Gasteiger partial charge in [-0.1, -0.05) is 6.07 Å². The highest BCUT2D eigenvalue weighted by Crippen LogP contribution is 2.36. The Bertz CT molecular complexity index is 458. The summed E-state index contributed by atoms with van der Waals surface area (Å²) in [6.07, 6.45) is -4.65. The number of amides is 2. The van der Waals surface area contributed by atoms with Gasteiger partial charge in [0.05, 0.1) is 11.6 Å². The van der Waals surface area contributed by atoms with Gasteiger partial charge in [-0.2, -0.15) is 13.2 Å². The van der Waals surface area contributed by atoms with Crippen LogP contribution in [0, 0.1) is 5.82 Å². The number of halogens is 4. The van der Waals surface area contributed by atoms with Gasteiger partial charge in [0, 0.05) is 12.1 Å². The maximum atomic E-state index is 13.5. The Balaban J connectivity index is 2.48. The summed E-state index contributed by atoms with van der Waals surface area (Å²) in [5, 5.41) is 4.52. The van der Waals surface area contributed by atoms with E-state index in [4.69, 9.17) is 0 Å². The fraction of sp³-hybridized carbons (Fsp3) is 0.300. The first-order valence-corrected chi connectivity index (χ1v) is 4.79. The average molecular weight is 248 g/mol. The molecule has 1 atom stereocenters. The topological polar surface area (TPSA) is 41.1 Å². The molecule has 0 bridgehead atoms. The third kappa shape index (κ3) is 2.17. The molecular formula is C10H8F4N2O. The third-order valence-electron chi connectivity index (χ3n) is 2.48. The van der Waals surface area contributed by atoms with E-state index >= 15 is 0 Å². The van der Waals surface area contributed by atoms with Gasteiger partial charge in [-0.05, 0) is 12.1 Å². The Morgan fingerprint density at radius 3 is 2.53 bits per heavy atom. The lowest BCUT2D eigenvalue weighted by Crippen LogP contribution is -2.24. The van der Waals surface area contributed by atoms with Gasteiger partial charge in [-0.15, -0.1) is 0 Å². The summed E-state index contributed by atoms with van der Waals surface area (Å²) < 4.78 is 51.5. The van der Waals surface area contributed by atoms with E-state index in [2.05, 4.69) is 10.6 Å². The van der Waals surface area contributed by atoms with Crippen molar-refractivity contribution in [3.05, 3.63) is 35.1 Å². The van der Waals surface area contributed by atoms with Gasteiger partial charge in [0.2, 0.25) is 0 Å². The largest absolute Gasteiger partial charge is 0.416 e. The molecule has 0 radical (unpaired) electrons. The SMILES string of the molecule is O=C1NC[C@@H](c2c(F)cccc2C(F)(F)F)N1. The van der Waals surface area contributed by atoms with Crippen LogP contribution in [0.4, 0.5) is 22.4 Å². The predicted molar refractivity (Wildman–Crippen MR) is 50.7 cm³/mol. The molecule has 1 heterocycles. The van der Waals surface area contributed by atoms with Crippen LogP contribution in [0.3, 0.4) is 0 Å². The average Bonchev–Trinajstić information content (AvgIpc) is 2.63. The smallest absolute Gasteiger partial charge is 0.336 e. The summed E-state index contributed by atoms with van der Waals surface area (Å²) >= 11 is 0. The molecule has 1 saturated heterocycles. The van der Waals surface area contributed by atoms with E-state index in [9.17, 15) is 22.4 Å². The number of hydrogen-bond donors (Lipinski definition) is 2. The van der Waals surface area contributed by atoms with Crippen molar-refractivity contribution in [1.29, 1.82) is 0 Å². The van der Waals surface area contributed by atoms with E-state index in [1.165, 1.54) is 0 Å². The van der Waals surface area contributed by atoms with Gasteiger partial charge in [0.1, 0.15) is 5.82 Å². The van der Waals surface area contributed by atoms with E-state index in [1.807, 2.05) is 0 Å². The second-order valence-electron chi connectivity index (χ2n) is 3.61. The zero-order valence-corrected chi connectivity index (χ0v) is 8.44. The summed E-state index contributed by atoms with van der Waals surface area (Å²) in [5.74, 6) is -0.978. The molecule has 1 aliphatic rings. The molecule has 0 saturated carbocycles. The van der Waals surface area contributed by atoms with Gasteiger partial charge in [-0.3, -0.25) is 0 Å². The standard InChI is InChI=1S/C10H8F4N2O/c11-6-3-1-2-5(10(12,13)14)8(6)7-4-15-9(17)16-7/h1-3,7H,4H2,(H2,15,16,17)/t7-/m0/s1. The molecule has 2 N–H and O–H groups in total. The van der Waals surface area contributed by atoms with Crippen LogP contribution in [0.1, 0.15) is 17.2 Å². The van der Waals surface area contributed by atoms with Crippen molar-refractivity contribution in [2.75, 3.05) is 6.54 Å². The molecule has 1 fully saturated rings. The molecule has 7 heteroatoms. The van der Waals surface area contributed by atoms with Gasteiger partial charge in [0.25, 0.3) is 0 Å². The van der Waals surface area contributed by atoms with Crippen LogP contribution in [-0.4, -0.2) is 12.6 Å². The molecule has 1 aliphatic heterocycles. The minimum absolute atomic E-state index is 0.0666. The Morgan fingerprint density at radius 1 is 1.29 bits per heavy atom. The minimum Gasteiger partial charge on any atom is -0.336 e. The molecule has 0 aromatic heterocycles. The summed E-state index contributed by atoms with van der Waals surface area (Å²) in [6, 6.07) is 1.12. The zero-order chi connectivity index (χ0) is 12.6. The van der Waals surface area contributed by atoms with Crippen molar-refractivity contribution < 1.29 is 22.4 Å². The maximum absolute atomic E-state index is 13.5. The lowest BCUT2D eigenvalue weighted by Gasteiger charge is -2.17. The number of carbonyl (C=O) groups excluding carboxylic acids is 1. The summed E-state index contributed by atoms with van der Waals surface area (Å²) in [5.41, 5.74) is -1.59. The first-order chi connectivity index (χ1) is 7.89. The molecule has 1 aromatic carbocycles. The van der Waals surface area contributed by atoms with E-state index in [1.54, 1.807) is 0 Å². The Hall–Kier alpha value is -1.79. The number of hydrogen-bond acceptors (Lipinski definition) is 1. The molecule has 2 rings (SSSR count). The highest BCUT2D eigenvalue weighted by atomic mass is 19.4. The molecule has 0 aliphatic carbocycles. The van der Waals surface area contributed by atoms with E-state index in [0.29, 0.717) is 0 Å². The summed E-state index contributed by atoms with van der Waals surface area (Å²) in [7, 11) is 0. The van der Waals surface area contributed by atoms with Gasteiger partial charge in [0.15, 0.2) is 0 Å². The predicted octanol–water partition coefficient (Wildman–Crippen LogP) is 2.20. The van der Waals surface area contributed by atoms with Crippen molar-refractivity contribution in [3.8, 4) is 0 Å². The molecule has 2 amide bonds. The molecule has 17 heavy (non-hydrogen) atoms. The Labute approximate surface area is 93.8 Å². The lowest BCUT2D eigenvalue weighted by molar-refractivity contribution is -0.138. The highest BCUT2D eigenvalue weighted by molar-refractivity contribution is 5.77. The van der Waals surface area contributed by atoms with Gasteiger partial charge < -0.3 is 10.6 Å². The van der Waals surface area contributed by atoms with E-state index in [0.717, 1.165) is 18.2 Å². The normalized spacial score (nSPS) is 20.0. The minimum atomic E-state index is -4.65. The van der Waals surface area contributed by atoms with Crippen molar-refractivity contribution >= 4 is 6.03 Å². The molecular weight excluding hydrogens is 240 g/mol. The Morgan fingerprint density at radius 2 is 2.00 bits per heavy atom. The second kappa shape index (κ2) is 3.90. The zero-order valence-electron chi connectivity index (χ0n) is 8.44. The van der Waals surface area contributed by atoms with Crippen LogP contribution >= 0.6 is 0 Å². The first-order valence-electron chi connectivity index (χ1n) is 4.79. The number of urea groups is 1. The van der Waals surface area contributed by atoms with Crippen LogP contribution in [-0.2, 0) is 6.18 Å². The lowest BCUT2D eigenvalue weighted by atomic mass is 9.99. The Kier molecular flexibility index (Phi) is 2.68. The van der Waals surface area contributed by atoms with E-state index < -0.39 is 35.2 Å². The highest BCUT2D eigenvalue weighted by Gasteiger charge is 2.38. The molecule has 0 unspecified atom stereocenters. The van der Waals surface area contributed by atoms with Crippen LogP contribution in [0.25, 0.3) is 0 Å². The summed E-state index contributed by atoms with van der Waals surface area (Å²) in [4.78, 5) is 10.9. The number of carbonyl (C=O) groups is 1. The van der Waals surface area contributed by atoms with Crippen LogP contribution in [0.2, 0.25) is 0 Å². The molecule has 92 valence electrons. The van der Waals surface area contributed by atoms with Crippen LogP contribution in [0.15, 0.2) is 18.2 Å². The molecule has 3 nitrogen and oxygen atoms in total. The quantitative estimate of drug-likeness (QED) is 0.735. The van der Waals surface area contributed by atoms with Crippen LogP contribution < -0.4 is 10.6 Å². The van der Waals surface area contributed by atoms with Crippen molar-refractivity contribution in [2.24, 2.45) is 0 Å². The fourth-order valence-electron chi connectivity index (χ4n) is 1.77. The second-order valence-corrected chi connectivity index (χ2v) is 3.61. The van der Waals surface area contributed by atoms with Gasteiger partial charge in [-0.25, -0.2) is 9.18 Å². The fourth-order valence-corrected chi connectivity index (χ4v) is 1.77. The number of benzene rings is 1. The third-order valence-corrected chi connectivity index (χ3v) is 2.48.